The normalized spacial score (nSPS) is 13.4. The number of carboxylic acids is 1. The topological polar surface area (TPSA) is 57.5 Å². The largest absolute Gasteiger partial charge is 0.481 e. The van der Waals surface area contributed by atoms with Crippen LogP contribution in [0.15, 0.2) is 24.3 Å². The predicted molar refractivity (Wildman–Crippen MR) is 66.9 cm³/mol. The third kappa shape index (κ3) is 3.86. The Balaban J connectivity index is 2.94. The van der Waals surface area contributed by atoms with Crippen molar-refractivity contribution in [3.8, 4) is 0 Å². The fourth-order valence-electron chi connectivity index (χ4n) is 1.80. The van der Waals surface area contributed by atoms with Gasteiger partial charge >= 0.3 is 5.97 Å². The molecule has 17 heavy (non-hydrogen) atoms. The van der Waals surface area contributed by atoms with Crippen LogP contribution in [0.1, 0.15) is 31.9 Å². The summed E-state index contributed by atoms with van der Waals surface area (Å²) in [6.45, 7) is 5.17. The highest BCUT2D eigenvalue weighted by Crippen LogP contribution is 2.24. The highest BCUT2D eigenvalue weighted by molar-refractivity contribution is 5.74. The molecule has 0 heterocycles. The minimum absolute atomic E-state index is 0.413. The molecular formula is C14H20O3. The quantitative estimate of drug-likeness (QED) is 0.824. The maximum absolute atomic E-state index is 11.1. The first-order valence-electron chi connectivity index (χ1n) is 5.81. The van der Waals surface area contributed by atoms with Crippen LogP contribution in [-0.2, 0) is 17.6 Å². The number of hydrogen-bond acceptors (Lipinski definition) is 2. The van der Waals surface area contributed by atoms with E-state index in [0.29, 0.717) is 12.8 Å². The molecule has 3 heteroatoms. The summed E-state index contributed by atoms with van der Waals surface area (Å²) in [5.74, 6) is -0.802. The summed E-state index contributed by atoms with van der Waals surface area (Å²) >= 11 is 0. The number of hydrogen-bond donors (Lipinski definition) is 2. The van der Waals surface area contributed by atoms with Crippen molar-refractivity contribution in [2.75, 3.05) is 0 Å². The monoisotopic (exact) mass is 236 g/mol. The maximum Gasteiger partial charge on any atom is 0.309 e. The third-order valence-corrected chi connectivity index (χ3v) is 2.85. The summed E-state index contributed by atoms with van der Waals surface area (Å²) in [7, 11) is 0. The molecule has 1 rings (SSSR count). The zero-order valence-electron chi connectivity index (χ0n) is 10.6. The van der Waals surface area contributed by atoms with Crippen LogP contribution in [0, 0.1) is 5.41 Å². The number of aliphatic hydroxyl groups is 1. The lowest BCUT2D eigenvalue weighted by Gasteiger charge is -2.21. The Bertz CT molecular complexity index is 394. The number of rotatable bonds is 5. The second kappa shape index (κ2) is 5.32. The van der Waals surface area contributed by atoms with E-state index < -0.39 is 17.5 Å². The average molecular weight is 236 g/mol. The summed E-state index contributed by atoms with van der Waals surface area (Å²) in [4.78, 5) is 11.1. The molecule has 0 amide bonds. The Hall–Kier alpha value is -1.35. The predicted octanol–water partition coefficient (Wildman–Crippen LogP) is 2.26. The van der Waals surface area contributed by atoms with Crippen molar-refractivity contribution in [2.45, 2.75) is 39.7 Å². The van der Waals surface area contributed by atoms with Gasteiger partial charge in [-0.1, -0.05) is 24.3 Å². The molecule has 1 atom stereocenters. The zero-order chi connectivity index (χ0) is 13.1. The molecule has 1 aromatic carbocycles. The van der Waals surface area contributed by atoms with Gasteiger partial charge in [-0.2, -0.15) is 0 Å². The molecular weight excluding hydrogens is 216 g/mol. The van der Waals surface area contributed by atoms with Crippen LogP contribution < -0.4 is 0 Å². The van der Waals surface area contributed by atoms with Crippen LogP contribution >= 0.6 is 0 Å². The first-order chi connectivity index (χ1) is 7.83. The standard InChI is InChI=1S/C14H20O3/c1-10(15)8-11-6-4-5-7-12(11)9-14(2,3)13(16)17/h4-7,10,15H,8-9H2,1-3H3,(H,16,17). The van der Waals surface area contributed by atoms with Crippen molar-refractivity contribution in [1.82, 2.24) is 0 Å². The zero-order valence-corrected chi connectivity index (χ0v) is 10.6. The molecule has 1 aromatic rings. The molecule has 0 aliphatic heterocycles. The van der Waals surface area contributed by atoms with Gasteiger partial charge in [0.15, 0.2) is 0 Å². The van der Waals surface area contributed by atoms with E-state index in [9.17, 15) is 9.90 Å². The van der Waals surface area contributed by atoms with E-state index in [4.69, 9.17) is 5.11 Å². The number of aliphatic carboxylic acids is 1. The lowest BCUT2D eigenvalue weighted by Crippen LogP contribution is -2.27. The smallest absolute Gasteiger partial charge is 0.309 e. The fourth-order valence-corrected chi connectivity index (χ4v) is 1.80. The van der Waals surface area contributed by atoms with E-state index >= 15 is 0 Å². The van der Waals surface area contributed by atoms with Crippen molar-refractivity contribution in [1.29, 1.82) is 0 Å². The van der Waals surface area contributed by atoms with E-state index in [2.05, 4.69) is 0 Å². The lowest BCUT2D eigenvalue weighted by molar-refractivity contribution is -0.146. The van der Waals surface area contributed by atoms with Crippen LogP contribution in [-0.4, -0.2) is 22.3 Å². The van der Waals surface area contributed by atoms with E-state index in [1.54, 1.807) is 20.8 Å². The lowest BCUT2D eigenvalue weighted by atomic mass is 9.83. The summed E-state index contributed by atoms with van der Waals surface area (Å²) in [5, 5.41) is 18.5. The number of benzene rings is 1. The van der Waals surface area contributed by atoms with Crippen molar-refractivity contribution < 1.29 is 15.0 Å². The number of carboxylic acid groups (broad SMARTS) is 1. The fraction of sp³-hybridized carbons (Fsp3) is 0.500. The third-order valence-electron chi connectivity index (χ3n) is 2.85. The molecule has 0 aliphatic carbocycles. The van der Waals surface area contributed by atoms with Gasteiger partial charge in [-0.25, -0.2) is 0 Å². The van der Waals surface area contributed by atoms with E-state index in [1.807, 2.05) is 24.3 Å². The number of carbonyl (C=O) groups is 1. The molecule has 0 saturated carbocycles. The van der Waals surface area contributed by atoms with Gasteiger partial charge in [0, 0.05) is 0 Å². The van der Waals surface area contributed by atoms with Crippen molar-refractivity contribution >= 4 is 5.97 Å². The van der Waals surface area contributed by atoms with Crippen molar-refractivity contribution in [3.05, 3.63) is 35.4 Å². The van der Waals surface area contributed by atoms with Crippen molar-refractivity contribution in [2.24, 2.45) is 5.41 Å². The molecule has 0 radical (unpaired) electrons. The molecule has 0 aromatic heterocycles. The molecule has 94 valence electrons. The van der Waals surface area contributed by atoms with Crippen LogP contribution in [0.2, 0.25) is 0 Å². The Morgan fingerprint density at radius 3 is 2.29 bits per heavy atom. The highest BCUT2D eigenvalue weighted by atomic mass is 16.4. The molecule has 1 unspecified atom stereocenters. The molecule has 0 spiro atoms. The molecule has 2 N–H and O–H groups in total. The highest BCUT2D eigenvalue weighted by Gasteiger charge is 2.28. The van der Waals surface area contributed by atoms with Gasteiger partial charge in [-0.15, -0.1) is 0 Å². The summed E-state index contributed by atoms with van der Waals surface area (Å²) < 4.78 is 0. The Labute approximate surface area is 102 Å². The van der Waals surface area contributed by atoms with Crippen molar-refractivity contribution in [3.63, 3.8) is 0 Å². The number of aliphatic hydroxyl groups excluding tert-OH is 1. The molecule has 0 saturated heterocycles. The summed E-state index contributed by atoms with van der Waals surface area (Å²) in [6, 6.07) is 7.69. The van der Waals surface area contributed by atoms with E-state index in [0.717, 1.165) is 11.1 Å². The van der Waals surface area contributed by atoms with Gasteiger partial charge in [0.1, 0.15) is 0 Å². The Kier molecular flexibility index (Phi) is 4.29. The van der Waals surface area contributed by atoms with Crippen LogP contribution in [0.3, 0.4) is 0 Å². The SMILES string of the molecule is CC(O)Cc1ccccc1CC(C)(C)C(=O)O. The van der Waals surface area contributed by atoms with Gasteiger partial charge in [-0.3, -0.25) is 4.79 Å². The molecule has 3 nitrogen and oxygen atoms in total. The van der Waals surface area contributed by atoms with Crippen LogP contribution in [0.4, 0.5) is 0 Å². The Morgan fingerprint density at radius 1 is 1.29 bits per heavy atom. The minimum atomic E-state index is -0.802. The second-order valence-electron chi connectivity index (χ2n) is 5.19. The molecule has 0 bridgehead atoms. The molecule has 0 fully saturated rings. The van der Waals surface area contributed by atoms with Gasteiger partial charge < -0.3 is 10.2 Å². The van der Waals surface area contributed by atoms with E-state index in [-0.39, 0.29) is 0 Å². The average Bonchev–Trinajstić information content (AvgIpc) is 2.19. The Morgan fingerprint density at radius 2 is 1.82 bits per heavy atom. The van der Waals surface area contributed by atoms with Gasteiger partial charge in [0.2, 0.25) is 0 Å². The van der Waals surface area contributed by atoms with Gasteiger partial charge in [-0.05, 0) is 44.7 Å². The van der Waals surface area contributed by atoms with E-state index in [1.165, 1.54) is 0 Å². The van der Waals surface area contributed by atoms with Gasteiger partial charge in [0.25, 0.3) is 0 Å². The maximum atomic E-state index is 11.1. The van der Waals surface area contributed by atoms with Crippen LogP contribution in [0.25, 0.3) is 0 Å². The summed E-state index contributed by atoms with van der Waals surface area (Å²) in [5.41, 5.74) is 1.24. The first kappa shape index (κ1) is 13.7. The first-order valence-corrected chi connectivity index (χ1v) is 5.81. The van der Waals surface area contributed by atoms with Gasteiger partial charge in [0.05, 0.1) is 11.5 Å². The summed E-state index contributed by atoms with van der Waals surface area (Å²) in [6.07, 6.45) is 0.626. The van der Waals surface area contributed by atoms with Crippen LogP contribution in [0.5, 0.6) is 0 Å². The molecule has 0 aliphatic rings. The minimum Gasteiger partial charge on any atom is -0.481 e. The second-order valence-corrected chi connectivity index (χ2v) is 5.19.